The summed E-state index contributed by atoms with van der Waals surface area (Å²) in [6.45, 7) is 8.67. The van der Waals surface area contributed by atoms with E-state index in [1.165, 1.54) is 32.7 Å². The Hall–Kier alpha value is -3.26. The number of anilines is 1. The Morgan fingerprint density at radius 3 is 2.40 bits per heavy atom. The molecule has 0 spiro atoms. The van der Waals surface area contributed by atoms with E-state index in [4.69, 9.17) is 14.2 Å². The Balaban J connectivity index is 1.86. The lowest BCUT2D eigenvalue weighted by Crippen LogP contribution is -2.12. The third kappa shape index (κ3) is 4.04. The van der Waals surface area contributed by atoms with E-state index < -0.39 is 0 Å². The zero-order valence-electron chi connectivity index (χ0n) is 17.7. The van der Waals surface area contributed by atoms with Crippen LogP contribution in [-0.2, 0) is 6.54 Å². The van der Waals surface area contributed by atoms with Crippen LogP contribution in [0.3, 0.4) is 0 Å². The third-order valence-electron chi connectivity index (χ3n) is 4.81. The molecule has 1 aromatic carbocycles. The van der Waals surface area contributed by atoms with Crippen LogP contribution >= 0.6 is 11.3 Å². The van der Waals surface area contributed by atoms with E-state index in [2.05, 4.69) is 41.4 Å². The fourth-order valence-corrected chi connectivity index (χ4v) is 4.01. The van der Waals surface area contributed by atoms with Crippen molar-refractivity contribution in [3.8, 4) is 28.5 Å². The second-order valence-corrected chi connectivity index (χ2v) is 7.45. The molecule has 0 aliphatic rings. The summed E-state index contributed by atoms with van der Waals surface area (Å²) in [6.07, 6.45) is 1.87. The lowest BCUT2D eigenvalue weighted by Gasteiger charge is -2.13. The average Bonchev–Trinajstić information content (AvgIpc) is 3.32. The molecule has 0 bridgehead atoms. The second kappa shape index (κ2) is 9.04. The highest BCUT2D eigenvalue weighted by Crippen LogP contribution is 2.38. The molecule has 8 heteroatoms. The summed E-state index contributed by atoms with van der Waals surface area (Å²) in [5.74, 6) is 0.947. The Kier molecular flexibility index (Phi) is 6.47. The van der Waals surface area contributed by atoms with Gasteiger partial charge in [-0.05, 0) is 32.0 Å². The molecule has 1 amide bonds. The number of aryl methyl sites for hydroxylation is 1. The number of thiazole rings is 1. The molecule has 158 valence electrons. The van der Waals surface area contributed by atoms with Crippen molar-refractivity contribution >= 4 is 22.4 Å². The van der Waals surface area contributed by atoms with E-state index >= 15 is 0 Å². The first-order valence-corrected chi connectivity index (χ1v) is 10.2. The number of amides is 1. The van der Waals surface area contributed by atoms with Crippen molar-refractivity contribution in [2.75, 3.05) is 26.6 Å². The van der Waals surface area contributed by atoms with Crippen molar-refractivity contribution in [1.29, 1.82) is 0 Å². The van der Waals surface area contributed by atoms with Gasteiger partial charge in [0, 0.05) is 34.4 Å². The van der Waals surface area contributed by atoms with Gasteiger partial charge in [-0.15, -0.1) is 17.9 Å². The zero-order chi connectivity index (χ0) is 21.8. The molecule has 0 aliphatic carbocycles. The van der Waals surface area contributed by atoms with Gasteiger partial charge in [-0.1, -0.05) is 6.08 Å². The number of hydrogen-bond donors (Lipinski definition) is 1. The summed E-state index contributed by atoms with van der Waals surface area (Å²) < 4.78 is 18.1. The van der Waals surface area contributed by atoms with Gasteiger partial charge in [-0.2, -0.15) is 0 Å². The van der Waals surface area contributed by atoms with E-state index in [1.807, 2.05) is 11.5 Å². The van der Waals surface area contributed by atoms with Crippen LogP contribution in [0.25, 0.3) is 11.3 Å². The fourth-order valence-electron chi connectivity index (χ4n) is 3.31. The number of methoxy groups -OCH3 is 3. The molecule has 2 heterocycles. The molecule has 3 rings (SSSR count). The summed E-state index contributed by atoms with van der Waals surface area (Å²) >= 11 is 1.37. The molecule has 0 aliphatic heterocycles. The quantitative estimate of drug-likeness (QED) is 0.528. The summed E-state index contributed by atoms with van der Waals surface area (Å²) in [6, 6.07) is 5.31. The highest BCUT2D eigenvalue weighted by molar-refractivity contribution is 7.14. The van der Waals surface area contributed by atoms with Crippen LogP contribution in [-0.4, -0.2) is 36.8 Å². The summed E-state index contributed by atoms with van der Waals surface area (Å²) in [7, 11) is 4.53. The van der Waals surface area contributed by atoms with Gasteiger partial charge in [-0.25, -0.2) is 4.98 Å². The normalized spacial score (nSPS) is 10.6. The van der Waals surface area contributed by atoms with Crippen LogP contribution in [0.5, 0.6) is 17.2 Å². The molecule has 1 N–H and O–H groups in total. The number of carbonyl (C=O) groups is 1. The number of nitrogens with one attached hydrogen (secondary N) is 1. The summed E-state index contributed by atoms with van der Waals surface area (Å²) in [5.41, 5.74) is 4.49. The number of hydrogen-bond acceptors (Lipinski definition) is 6. The number of carbonyl (C=O) groups excluding carboxylic acids is 1. The molecule has 0 radical (unpaired) electrons. The fraction of sp³-hybridized carbons (Fsp3) is 0.273. The molecular formula is C22H25N3O4S. The zero-order valence-corrected chi connectivity index (χ0v) is 18.6. The Morgan fingerprint density at radius 2 is 1.83 bits per heavy atom. The number of aromatic nitrogens is 2. The number of benzene rings is 1. The smallest absolute Gasteiger partial charge is 0.257 e. The Morgan fingerprint density at radius 1 is 1.17 bits per heavy atom. The molecular weight excluding hydrogens is 402 g/mol. The average molecular weight is 428 g/mol. The lowest BCUT2D eigenvalue weighted by molar-refractivity contribution is 0.102. The maximum atomic E-state index is 12.8. The Bertz CT molecular complexity index is 1060. The first-order valence-electron chi connectivity index (χ1n) is 9.28. The van der Waals surface area contributed by atoms with Gasteiger partial charge in [0.25, 0.3) is 5.91 Å². The lowest BCUT2D eigenvalue weighted by atomic mass is 10.1. The van der Waals surface area contributed by atoms with Crippen LogP contribution in [0, 0.1) is 13.8 Å². The minimum Gasteiger partial charge on any atom is -0.493 e. The van der Waals surface area contributed by atoms with Crippen LogP contribution in [0.15, 0.2) is 36.2 Å². The van der Waals surface area contributed by atoms with Gasteiger partial charge >= 0.3 is 0 Å². The van der Waals surface area contributed by atoms with Crippen molar-refractivity contribution in [2.24, 2.45) is 0 Å². The predicted octanol–water partition coefficient (Wildman–Crippen LogP) is 4.69. The maximum absolute atomic E-state index is 12.8. The maximum Gasteiger partial charge on any atom is 0.257 e. The molecule has 0 unspecified atom stereocenters. The monoisotopic (exact) mass is 427 g/mol. The molecule has 0 atom stereocenters. The van der Waals surface area contributed by atoms with E-state index in [1.54, 1.807) is 12.1 Å². The van der Waals surface area contributed by atoms with Gasteiger partial charge in [0.1, 0.15) is 0 Å². The van der Waals surface area contributed by atoms with Crippen LogP contribution in [0.4, 0.5) is 5.13 Å². The highest BCUT2D eigenvalue weighted by atomic mass is 32.1. The van der Waals surface area contributed by atoms with Crippen molar-refractivity contribution in [3.05, 3.63) is 53.2 Å². The van der Waals surface area contributed by atoms with Gasteiger partial charge < -0.3 is 18.8 Å². The third-order valence-corrected chi connectivity index (χ3v) is 5.57. The SMILES string of the molecule is C=CCn1c(C)cc(-c2csc(NC(=O)c3cc(OC)c(OC)c(OC)c3)n2)c1C. The van der Waals surface area contributed by atoms with Crippen LogP contribution in [0.1, 0.15) is 21.7 Å². The second-order valence-electron chi connectivity index (χ2n) is 6.59. The van der Waals surface area contributed by atoms with Gasteiger partial charge in [0.15, 0.2) is 16.6 Å². The van der Waals surface area contributed by atoms with E-state index in [0.717, 1.165) is 29.2 Å². The van der Waals surface area contributed by atoms with Crippen LogP contribution in [0.2, 0.25) is 0 Å². The molecule has 0 saturated carbocycles. The first-order chi connectivity index (χ1) is 14.4. The first kappa shape index (κ1) is 21.4. The molecule has 3 aromatic rings. The summed E-state index contributed by atoms with van der Waals surface area (Å²) in [4.78, 5) is 17.4. The number of nitrogens with zero attached hydrogens (tertiary/aromatic N) is 2. The number of allylic oxidation sites excluding steroid dienone is 1. The number of ether oxygens (including phenoxy) is 3. The summed E-state index contributed by atoms with van der Waals surface area (Å²) in [5, 5.41) is 5.29. The van der Waals surface area contributed by atoms with Gasteiger partial charge in [0.2, 0.25) is 5.75 Å². The van der Waals surface area contributed by atoms with Crippen molar-refractivity contribution in [1.82, 2.24) is 9.55 Å². The molecule has 0 fully saturated rings. The molecule has 0 saturated heterocycles. The molecule has 2 aromatic heterocycles. The van der Waals surface area contributed by atoms with Crippen molar-refractivity contribution in [3.63, 3.8) is 0 Å². The number of rotatable bonds is 8. The van der Waals surface area contributed by atoms with Crippen molar-refractivity contribution in [2.45, 2.75) is 20.4 Å². The van der Waals surface area contributed by atoms with Crippen LogP contribution < -0.4 is 19.5 Å². The highest BCUT2D eigenvalue weighted by Gasteiger charge is 2.19. The largest absolute Gasteiger partial charge is 0.493 e. The standard InChI is InChI=1S/C22H25N3O4S/c1-7-8-25-13(2)9-16(14(25)3)17-12-30-22(23-17)24-21(26)15-10-18(27-4)20(29-6)19(11-15)28-5/h7,9-12H,1,8H2,2-6H3,(H,23,24,26). The minimum atomic E-state index is -0.313. The van der Waals surface area contributed by atoms with Gasteiger partial charge in [0.05, 0.1) is 27.0 Å². The van der Waals surface area contributed by atoms with Gasteiger partial charge in [-0.3, -0.25) is 10.1 Å². The van der Waals surface area contributed by atoms with E-state index in [-0.39, 0.29) is 5.91 Å². The molecule has 7 nitrogen and oxygen atoms in total. The van der Waals surface area contributed by atoms with E-state index in [9.17, 15) is 4.79 Å². The minimum absolute atomic E-state index is 0.313. The Labute approximate surface area is 179 Å². The topological polar surface area (TPSA) is 74.6 Å². The molecule has 30 heavy (non-hydrogen) atoms. The van der Waals surface area contributed by atoms with E-state index in [0.29, 0.717) is 27.9 Å². The predicted molar refractivity (Wildman–Crippen MR) is 119 cm³/mol. The van der Waals surface area contributed by atoms with Crippen molar-refractivity contribution < 1.29 is 19.0 Å².